The summed E-state index contributed by atoms with van der Waals surface area (Å²) in [5, 5.41) is 2.78. The van der Waals surface area contributed by atoms with Gasteiger partial charge in [0.25, 0.3) is 5.91 Å². The molecule has 1 heterocycles. The van der Waals surface area contributed by atoms with E-state index in [4.69, 9.17) is 4.98 Å². The predicted molar refractivity (Wildman–Crippen MR) is 114 cm³/mol. The topological polar surface area (TPSA) is 46.9 Å². The van der Waals surface area contributed by atoms with Crippen molar-refractivity contribution in [2.75, 3.05) is 5.32 Å². The summed E-state index contributed by atoms with van der Waals surface area (Å²) in [7, 11) is 0. The SMILES string of the molecule is CCn1c(CCc2cccc(NC(=O)c3ccccc3F)c2)nc2ccccc21. The van der Waals surface area contributed by atoms with Crippen molar-refractivity contribution in [1.82, 2.24) is 9.55 Å². The molecule has 146 valence electrons. The van der Waals surface area contributed by atoms with E-state index in [0.717, 1.165) is 41.8 Å². The van der Waals surface area contributed by atoms with Gasteiger partial charge in [-0.15, -0.1) is 0 Å². The fourth-order valence-corrected chi connectivity index (χ4v) is 3.57. The summed E-state index contributed by atoms with van der Waals surface area (Å²) >= 11 is 0. The minimum absolute atomic E-state index is 0.0366. The molecule has 0 atom stereocenters. The van der Waals surface area contributed by atoms with E-state index in [0.29, 0.717) is 5.69 Å². The number of para-hydroxylation sites is 2. The van der Waals surface area contributed by atoms with Crippen molar-refractivity contribution in [3.05, 3.63) is 95.6 Å². The Kier molecular flexibility index (Phi) is 5.38. The molecule has 5 heteroatoms. The maximum atomic E-state index is 13.8. The Morgan fingerprint density at radius 2 is 1.79 bits per heavy atom. The van der Waals surface area contributed by atoms with Crippen LogP contribution in [0.2, 0.25) is 0 Å². The number of imidazole rings is 1. The van der Waals surface area contributed by atoms with Crippen LogP contribution in [0.25, 0.3) is 11.0 Å². The zero-order valence-corrected chi connectivity index (χ0v) is 16.2. The van der Waals surface area contributed by atoms with Crippen LogP contribution in [0.4, 0.5) is 10.1 Å². The van der Waals surface area contributed by atoms with Gasteiger partial charge in [0.15, 0.2) is 0 Å². The smallest absolute Gasteiger partial charge is 0.258 e. The van der Waals surface area contributed by atoms with Crippen LogP contribution in [0.1, 0.15) is 28.7 Å². The third-order valence-corrected chi connectivity index (χ3v) is 4.99. The molecular weight excluding hydrogens is 365 g/mol. The van der Waals surface area contributed by atoms with Crippen LogP contribution in [0.15, 0.2) is 72.8 Å². The lowest BCUT2D eigenvalue weighted by Gasteiger charge is -2.09. The van der Waals surface area contributed by atoms with Gasteiger partial charge in [-0.2, -0.15) is 0 Å². The number of hydrogen-bond donors (Lipinski definition) is 1. The molecule has 4 nitrogen and oxygen atoms in total. The summed E-state index contributed by atoms with van der Waals surface area (Å²) in [4.78, 5) is 17.1. The number of nitrogens with one attached hydrogen (secondary N) is 1. The first-order chi connectivity index (χ1) is 14.2. The monoisotopic (exact) mass is 387 g/mol. The second kappa shape index (κ2) is 8.27. The number of anilines is 1. The van der Waals surface area contributed by atoms with E-state index in [1.54, 1.807) is 12.1 Å². The predicted octanol–water partition coefficient (Wildman–Crippen LogP) is 5.23. The van der Waals surface area contributed by atoms with Crippen LogP contribution >= 0.6 is 0 Å². The summed E-state index contributed by atoms with van der Waals surface area (Å²) in [6.07, 6.45) is 1.60. The second-order valence-electron chi connectivity index (χ2n) is 6.90. The number of nitrogens with zero attached hydrogens (tertiary/aromatic N) is 2. The van der Waals surface area contributed by atoms with E-state index >= 15 is 0 Å². The highest BCUT2D eigenvalue weighted by molar-refractivity contribution is 6.04. The minimum atomic E-state index is -0.528. The molecule has 0 aliphatic carbocycles. The van der Waals surface area contributed by atoms with Crippen LogP contribution in [0, 0.1) is 5.82 Å². The van der Waals surface area contributed by atoms with Crippen molar-refractivity contribution < 1.29 is 9.18 Å². The van der Waals surface area contributed by atoms with Crippen LogP contribution in [0.3, 0.4) is 0 Å². The first kappa shape index (κ1) is 18.9. The molecule has 0 unspecified atom stereocenters. The van der Waals surface area contributed by atoms with Crippen molar-refractivity contribution in [2.45, 2.75) is 26.3 Å². The first-order valence-electron chi connectivity index (χ1n) is 9.74. The third-order valence-electron chi connectivity index (χ3n) is 4.99. The molecule has 0 radical (unpaired) electrons. The number of carbonyl (C=O) groups excluding carboxylic acids is 1. The minimum Gasteiger partial charge on any atom is -0.328 e. The number of amides is 1. The summed E-state index contributed by atoms with van der Waals surface area (Å²) in [5.41, 5.74) is 3.94. The maximum absolute atomic E-state index is 13.8. The van der Waals surface area contributed by atoms with Gasteiger partial charge in [-0.05, 0) is 55.3 Å². The van der Waals surface area contributed by atoms with Crippen molar-refractivity contribution in [1.29, 1.82) is 0 Å². The third kappa shape index (κ3) is 4.04. The van der Waals surface area contributed by atoms with Gasteiger partial charge in [-0.1, -0.05) is 36.4 Å². The standard InChI is InChI=1S/C24H22FN3O/c1-2-28-22-13-6-5-12-21(22)27-23(28)15-14-17-8-7-9-18(16-17)26-24(29)19-10-3-4-11-20(19)25/h3-13,16H,2,14-15H2,1H3,(H,26,29). The van der Waals surface area contributed by atoms with Crippen molar-refractivity contribution >= 4 is 22.6 Å². The maximum Gasteiger partial charge on any atom is 0.258 e. The number of fused-ring (bicyclic) bond motifs is 1. The van der Waals surface area contributed by atoms with Gasteiger partial charge in [0, 0.05) is 18.7 Å². The Labute approximate surface area is 169 Å². The molecule has 1 N–H and O–H groups in total. The number of carbonyl (C=O) groups is 1. The second-order valence-corrected chi connectivity index (χ2v) is 6.90. The quantitative estimate of drug-likeness (QED) is 0.492. The van der Waals surface area contributed by atoms with Gasteiger partial charge in [-0.3, -0.25) is 4.79 Å². The molecule has 0 aliphatic rings. The molecule has 0 fully saturated rings. The Hall–Kier alpha value is -3.47. The number of hydrogen-bond acceptors (Lipinski definition) is 2. The lowest BCUT2D eigenvalue weighted by Crippen LogP contribution is -2.13. The van der Waals surface area contributed by atoms with Crippen molar-refractivity contribution in [3.63, 3.8) is 0 Å². The average molecular weight is 387 g/mol. The number of benzene rings is 3. The van der Waals surface area contributed by atoms with E-state index in [2.05, 4.69) is 22.9 Å². The molecule has 1 aromatic heterocycles. The summed E-state index contributed by atoms with van der Waals surface area (Å²) in [6, 6.07) is 21.8. The van der Waals surface area contributed by atoms with E-state index < -0.39 is 11.7 Å². The molecule has 1 amide bonds. The number of aryl methyl sites for hydroxylation is 3. The number of halogens is 1. The highest BCUT2D eigenvalue weighted by atomic mass is 19.1. The van der Waals surface area contributed by atoms with Crippen LogP contribution < -0.4 is 5.32 Å². The summed E-state index contributed by atoms with van der Waals surface area (Å²) in [6.45, 7) is 2.99. The average Bonchev–Trinajstić information content (AvgIpc) is 3.10. The highest BCUT2D eigenvalue weighted by Gasteiger charge is 2.12. The van der Waals surface area contributed by atoms with E-state index in [9.17, 15) is 9.18 Å². The van der Waals surface area contributed by atoms with Crippen molar-refractivity contribution in [3.8, 4) is 0 Å². The molecule has 4 rings (SSSR count). The zero-order valence-electron chi connectivity index (χ0n) is 16.2. The molecule has 0 saturated heterocycles. The zero-order chi connectivity index (χ0) is 20.2. The molecule has 29 heavy (non-hydrogen) atoms. The molecule has 4 aromatic rings. The molecular formula is C24H22FN3O. The molecule has 0 saturated carbocycles. The van der Waals surface area contributed by atoms with Gasteiger partial charge < -0.3 is 9.88 Å². The largest absolute Gasteiger partial charge is 0.328 e. The van der Waals surface area contributed by atoms with Crippen LogP contribution in [-0.2, 0) is 19.4 Å². The molecule has 3 aromatic carbocycles. The van der Waals surface area contributed by atoms with E-state index in [1.165, 1.54) is 12.1 Å². The van der Waals surface area contributed by atoms with Gasteiger partial charge in [-0.25, -0.2) is 9.37 Å². The fraction of sp³-hybridized carbons (Fsp3) is 0.167. The van der Waals surface area contributed by atoms with E-state index in [-0.39, 0.29) is 5.56 Å². The van der Waals surface area contributed by atoms with Crippen LogP contribution in [0.5, 0.6) is 0 Å². The lowest BCUT2D eigenvalue weighted by atomic mass is 10.1. The van der Waals surface area contributed by atoms with Gasteiger partial charge in [0.1, 0.15) is 11.6 Å². The number of aromatic nitrogens is 2. The Morgan fingerprint density at radius 1 is 1.00 bits per heavy atom. The normalized spacial score (nSPS) is 11.0. The Morgan fingerprint density at radius 3 is 2.62 bits per heavy atom. The van der Waals surface area contributed by atoms with Gasteiger partial charge in [0.05, 0.1) is 16.6 Å². The molecule has 0 spiro atoms. The summed E-state index contributed by atoms with van der Waals surface area (Å²) < 4.78 is 16.1. The van der Waals surface area contributed by atoms with Gasteiger partial charge in [0.2, 0.25) is 0 Å². The molecule has 0 aliphatic heterocycles. The highest BCUT2D eigenvalue weighted by Crippen LogP contribution is 2.19. The fourth-order valence-electron chi connectivity index (χ4n) is 3.57. The van der Waals surface area contributed by atoms with E-state index in [1.807, 2.05) is 42.5 Å². The summed E-state index contributed by atoms with van der Waals surface area (Å²) in [5.74, 6) is 0.0714. The Bertz CT molecular complexity index is 1170. The first-order valence-corrected chi connectivity index (χ1v) is 9.74. The molecule has 0 bridgehead atoms. The van der Waals surface area contributed by atoms with Crippen molar-refractivity contribution in [2.24, 2.45) is 0 Å². The van der Waals surface area contributed by atoms with Gasteiger partial charge >= 0.3 is 0 Å². The Balaban J connectivity index is 1.48. The lowest BCUT2D eigenvalue weighted by molar-refractivity contribution is 0.102. The van der Waals surface area contributed by atoms with Crippen LogP contribution in [-0.4, -0.2) is 15.5 Å². The number of rotatable bonds is 6.